The second-order valence-electron chi connectivity index (χ2n) is 8.05. The van der Waals surface area contributed by atoms with Crippen LogP contribution in [-0.2, 0) is 12.4 Å². The molecule has 1 N–H and O–H groups in total. The summed E-state index contributed by atoms with van der Waals surface area (Å²) in [4.78, 5) is 13.7. The fourth-order valence-corrected chi connectivity index (χ4v) is 4.39. The average molecular weight is 531 g/mol. The number of hydrogen-bond acceptors (Lipinski definition) is 5. The second-order valence-corrected chi connectivity index (χ2v) is 9.54. The highest BCUT2D eigenvalue weighted by Crippen LogP contribution is 2.29. The molecule has 0 aliphatic carbocycles. The molecule has 5 nitrogen and oxygen atoms in total. The van der Waals surface area contributed by atoms with Crippen molar-refractivity contribution in [2.24, 2.45) is 5.10 Å². The largest absolute Gasteiger partial charge is 0.490 e. The van der Waals surface area contributed by atoms with Gasteiger partial charge in [-0.1, -0.05) is 54.1 Å². The number of nitrogens with one attached hydrogen (secondary N) is 1. The molecule has 0 fully saturated rings. The second kappa shape index (κ2) is 13.5. The van der Waals surface area contributed by atoms with E-state index in [1.54, 1.807) is 30.1 Å². The van der Waals surface area contributed by atoms with E-state index >= 15 is 0 Å². The molecule has 0 spiro atoms. The minimum atomic E-state index is -0.277. The lowest BCUT2D eigenvalue weighted by Gasteiger charge is -2.12. The SMILES string of the molecule is CCOc1cc(/C=N/NC(=O)c2ccc(CSc3ccc(Cl)cc3)cc2)ccc1OCc1ccccc1. The highest BCUT2D eigenvalue weighted by Gasteiger charge is 2.08. The number of hydrazone groups is 1. The fraction of sp³-hybridized carbons (Fsp3) is 0.133. The molecule has 0 saturated carbocycles. The topological polar surface area (TPSA) is 59.9 Å². The quantitative estimate of drug-likeness (QED) is 0.125. The van der Waals surface area contributed by atoms with Gasteiger partial charge in [-0.25, -0.2) is 5.43 Å². The molecule has 0 atom stereocenters. The van der Waals surface area contributed by atoms with Crippen molar-refractivity contribution in [1.29, 1.82) is 0 Å². The number of rotatable bonds is 11. The van der Waals surface area contributed by atoms with Crippen molar-refractivity contribution in [2.75, 3.05) is 6.61 Å². The predicted octanol–water partition coefficient (Wildman–Crippen LogP) is 7.37. The Kier molecular flexibility index (Phi) is 9.63. The van der Waals surface area contributed by atoms with Crippen LogP contribution in [0.3, 0.4) is 0 Å². The average Bonchev–Trinajstić information content (AvgIpc) is 2.93. The Morgan fingerprint density at radius 2 is 1.65 bits per heavy atom. The summed E-state index contributed by atoms with van der Waals surface area (Å²) in [5.41, 5.74) is 6.10. The van der Waals surface area contributed by atoms with Gasteiger partial charge in [-0.2, -0.15) is 5.10 Å². The minimum Gasteiger partial charge on any atom is -0.490 e. The van der Waals surface area contributed by atoms with Crippen LogP contribution in [0.15, 0.2) is 107 Å². The minimum absolute atomic E-state index is 0.277. The Balaban J connectivity index is 1.31. The molecule has 4 rings (SSSR count). The molecule has 0 bridgehead atoms. The molecule has 188 valence electrons. The summed E-state index contributed by atoms with van der Waals surface area (Å²) >= 11 is 7.65. The number of nitrogens with zero attached hydrogens (tertiary/aromatic N) is 1. The first kappa shape index (κ1) is 26.3. The van der Waals surface area contributed by atoms with Gasteiger partial charge in [0.1, 0.15) is 6.61 Å². The molecule has 1 amide bonds. The first-order valence-electron chi connectivity index (χ1n) is 11.8. The van der Waals surface area contributed by atoms with E-state index in [0.29, 0.717) is 30.3 Å². The molecule has 0 aliphatic heterocycles. The molecule has 0 saturated heterocycles. The predicted molar refractivity (Wildman–Crippen MR) is 151 cm³/mol. The highest BCUT2D eigenvalue weighted by molar-refractivity contribution is 7.98. The van der Waals surface area contributed by atoms with Crippen LogP contribution in [0, 0.1) is 0 Å². The third-order valence-corrected chi connectivity index (χ3v) is 6.65. The number of carbonyl (C=O) groups is 1. The fourth-order valence-electron chi connectivity index (χ4n) is 3.41. The van der Waals surface area contributed by atoms with Gasteiger partial charge in [0.15, 0.2) is 11.5 Å². The van der Waals surface area contributed by atoms with Gasteiger partial charge in [0, 0.05) is 21.2 Å². The zero-order valence-corrected chi connectivity index (χ0v) is 22.0. The Morgan fingerprint density at radius 1 is 0.892 bits per heavy atom. The number of hydrogen-bond donors (Lipinski definition) is 1. The van der Waals surface area contributed by atoms with Crippen molar-refractivity contribution in [2.45, 2.75) is 24.2 Å². The summed E-state index contributed by atoms with van der Waals surface area (Å²) in [5, 5.41) is 4.84. The Morgan fingerprint density at radius 3 is 2.38 bits per heavy atom. The molecule has 0 aromatic heterocycles. The Hall–Kier alpha value is -3.74. The van der Waals surface area contributed by atoms with Crippen molar-refractivity contribution < 1.29 is 14.3 Å². The Labute approximate surface area is 226 Å². The first-order chi connectivity index (χ1) is 18.1. The van der Waals surface area contributed by atoms with Crippen molar-refractivity contribution in [3.05, 3.63) is 124 Å². The van der Waals surface area contributed by atoms with Gasteiger partial charge in [0.05, 0.1) is 12.8 Å². The van der Waals surface area contributed by atoms with E-state index in [9.17, 15) is 4.79 Å². The summed E-state index contributed by atoms with van der Waals surface area (Å²) < 4.78 is 11.7. The lowest BCUT2D eigenvalue weighted by molar-refractivity contribution is 0.0955. The van der Waals surface area contributed by atoms with Crippen molar-refractivity contribution in [1.82, 2.24) is 5.43 Å². The maximum atomic E-state index is 12.5. The maximum absolute atomic E-state index is 12.5. The van der Waals surface area contributed by atoms with Crippen molar-refractivity contribution in [3.8, 4) is 11.5 Å². The number of halogens is 1. The van der Waals surface area contributed by atoms with Crippen LogP contribution in [0.4, 0.5) is 0 Å². The normalized spacial score (nSPS) is 10.9. The number of thioether (sulfide) groups is 1. The van der Waals surface area contributed by atoms with E-state index in [2.05, 4.69) is 10.5 Å². The maximum Gasteiger partial charge on any atom is 0.271 e. The zero-order chi connectivity index (χ0) is 25.9. The summed E-state index contributed by atoms with van der Waals surface area (Å²) in [6.07, 6.45) is 1.58. The molecule has 37 heavy (non-hydrogen) atoms. The molecule has 4 aromatic carbocycles. The standard InChI is InChI=1S/C30H27ClN2O3S/c1-2-35-29-18-24(10-17-28(29)36-20-22-6-4-3-5-7-22)19-32-33-30(34)25-11-8-23(9-12-25)21-37-27-15-13-26(31)14-16-27/h3-19H,2,20-21H2,1H3,(H,33,34)/b32-19+. The molecule has 0 radical (unpaired) electrons. The van der Waals surface area contributed by atoms with E-state index in [-0.39, 0.29) is 5.91 Å². The van der Waals surface area contributed by atoms with E-state index in [0.717, 1.165) is 32.4 Å². The number of benzene rings is 4. The van der Waals surface area contributed by atoms with Gasteiger partial charge in [0.2, 0.25) is 0 Å². The van der Waals surface area contributed by atoms with E-state index in [1.807, 2.05) is 91.9 Å². The van der Waals surface area contributed by atoms with Gasteiger partial charge in [-0.05, 0) is 78.2 Å². The molecular formula is C30H27ClN2O3S. The van der Waals surface area contributed by atoms with Crippen molar-refractivity contribution >= 4 is 35.5 Å². The summed E-state index contributed by atoms with van der Waals surface area (Å²) in [6.45, 7) is 2.87. The first-order valence-corrected chi connectivity index (χ1v) is 13.2. The van der Waals surface area contributed by atoms with Crippen LogP contribution in [0.25, 0.3) is 0 Å². The van der Waals surface area contributed by atoms with Crippen LogP contribution in [0.2, 0.25) is 5.02 Å². The number of ether oxygens (including phenoxy) is 2. The molecule has 0 heterocycles. The molecule has 0 unspecified atom stereocenters. The third-order valence-electron chi connectivity index (χ3n) is 5.32. The monoisotopic (exact) mass is 530 g/mol. The lowest BCUT2D eigenvalue weighted by atomic mass is 10.1. The molecule has 7 heteroatoms. The van der Waals surface area contributed by atoms with E-state index in [1.165, 1.54) is 0 Å². The molecule has 4 aromatic rings. The lowest BCUT2D eigenvalue weighted by Crippen LogP contribution is -2.17. The summed E-state index contributed by atoms with van der Waals surface area (Å²) in [7, 11) is 0. The van der Waals surface area contributed by atoms with Gasteiger partial charge >= 0.3 is 0 Å². The van der Waals surface area contributed by atoms with E-state index < -0.39 is 0 Å². The van der Waals surface area contributed by atoms with Gasteiger partial charge < -0.3 is 9.47 Å². The van der Waals surface area contributed by atoms with Crippen LogP contribution in [-0.4, -0.2) is 18.7 Å². The molecular weight excluding hydrogens is 504 g/mol. The number of amides is 1. The van der Waals surface area contributed by atoms with Crippen LogP contribution in [0.1, 0.15) is 34.0 Å². The van der Waals surface area contributed by atoms with Gasteiger partial charge in [-0.3, -0.25) is 4.79 Å². The smallest absolute Gasteiger partial charge is 0.271 e. The summed E-state index contributed by atoms with van der Waals surface area (Å²) in [6, 6.07) is 30.8. The van der Waals surface area contributed by atoms with Gasteiger partial charge in [0.25, 0.3) is 5.91 Å². The van der Waals surface area contributed by atoms with Crippen LogP contribution < -0.4 is 14.9 Å². The zero-order valence-electron chi connectivity index (χ0n) is 20.4. The van der Waals surface area contributed by atoms with Gasteiger partial charge in [-0.15, -0.1) is 11.8 Å². The van der Waals surface area contributed by atoms with Crippen molar-refractivity contribution in [3.63, 3.8) is 0 Å². The third kappa shape index (κ3) is 8.13. The number of carbonyl (C=O) groups excluding carboxylic acids is 1. The van der Waals surface area contributed by atoms with Crippen LogP contribution in [0.5, 0.6) is 11.5 Å². The molecule has 0 aliphatic rings. The summed E-state index contributed by atoms with van der Waals surface area (Å²) in [5.74, 6) is 1.80. The van der Waals surface area contributed by atoms with E-state index in [4.69, 9.17) is 21.1 Å². The van der Waals surface area contributed by atoms with Crippen LogP contribution >= 0.6 is 23.4 Å². The highest BCUT2D eigenvalue weighted by atomic mass is 35.5. The Bertz CT molecular complexity index is 1330.